The van der Waals surface area contributed by atoms with Crippen LogP contribution in [0.2, 0.25) is 0 Å². The van der Waals surface area contributed by atoms with Crippen molar-refractivity contribution in [1.29, 1.82) is 5.26 Å². The molecule has 1 rings (SSSR count). The quantitative estimate of drug-likeness (QED) is 0.721. The van der Waals surface area contributed by atoms with Crippen molar-refractivity contribution in [2.24, 2.45) is 0 Å². The molecule has 14 heavy (non-hydrogen) atoms. The lowest BCUT2D eigenvalue weighted by Crippen LogP contribution is -1.98. The Hall–Kier alpha value is -1.53. The normalized spacial score (nSPS) is 9.43. The first-order valence-corrected chi connectivity index (χ1v) is 4.60. The summed E-state index contributed by atoms with van der Waals surface area (Å²) in [6.07, 6.45) is 1.57. The van der Waals surface area contributed by atoms with Crippen LogP contribution in [0.5, 0.6) is 5.75 Å². The number of unbranched alkanes of at least 4 members (excludes halogenated alkanes) is 1. The lowest BCUT2D eigenvalue weighted by molar-refractivity contribution is 0.253. The summed E-state index contributed by atoms with van der Waals surface area (Å²) in [5.74, 6) is 0.710. The van der Waals surface area contributed by atoms with Gasteiger partial charge in [0.25, 0.3) is 0 Å². The predicted molar refractivity (Wildman–Crippen MR) is 53.0 cm³/mol. The van der Waals surface area contributed by atoms with Crippen LogP contribution < -0.4 is 4.74 Å². The maximum absolute atomic E-state index is 8.63. The smallest absolute Gasteiger partial charge is 0.120 e. The van der Waals surface area contributed by atoms with E-state index in [0.717, 1.165) is 12.8 Å². The summed E-state index contributed by atoms with van der Waals surface area (Å²) in [5.41, 5.74) is 0.602. The van der Waals surface area contributed by atoms with Gasteiger partial charge in [-0.1, -0.05) is 6.07 Å². The fourth-order valence-corrected chi connectivity index (χ4v) is 1.06. The van der Waals surface area contributed by atoms with E-state index in [4.69, 9.17) is 15.1 Å². The molecule has 3 heteroatoms. The van der Waals surface area contributed by atoms with E-state index in [0.29, 0.717) is 17.9 Å². The van der Waals surface area contributed by atoms with E-state index in [9.17, 15) is 0 Å². The number of hydrogen-bond donors (Lipinski definition) is 1. The molecule has 0 unspecified atom stereocenters. The van der Waals surface area contributed by atoms with Gasteiger partial charge in [-0.3, -0.25) is 0 Å². The van der Waals surface area contributed by atoms with Crippen molar-refractivity contribution in [3.8, 4) is 11.8 Å². The molecular weight excluding hydrogens is 178 g/mol. The van der Waals surface area contributed by atoms with Gasteiger partial charge in [0.2, 0.25) is 0 Å². The second kappa shape index (κ2) is 6.01. The zero-order valence-corrected chi connectivity index (χ0v) is 7.94. The number of nitriles is 1. The minimum Gasteiger partial charge on any atom is -0.494 e. The van der Waals surface area contributed by atoms with Crippen LogP contribution in [0.3, 0.4) is 0 Å². The Balaban J connectivity index is 2.39. The Labute approximate surface area is 83.6 Å². The lowest BCUT2D eigenvalue weighted by atomic mass is 10.2. The Morgan fingerprint density at radius 2 is 2.21 bits per heavy atom. The van der Waals surface area contributed by atoms with Crippen molar-refractivity contribution >= 4 is 0 Å². The van der Waals surface area contributed by atoms with Crippen LogP contribution in [-0.4, -0.2) is 18.3 Å². The summed E-state index contributed by atoms with van der Waals surface area (Å²) in [4.78, 5) is 0. The maximum Gasteiger partial charge on any atom is 0.120 e. The van der Waals surface area contributed by atoms with Gasteiger partial charge in [0.1, 0.15) is 5.75 Å². The van der Waals surface area contributed by atoms with Crippen LogP contribution in [0.4, 0.5) is 0 Å². The van der Waals surface area contributed by atoms with Gasteiger partial charge >= 0.3 is 0 Å². The highest BCUT2D eigenvalue weighted by Crippen LogP contribution is 2.12. The predicted octanol–water partition coefficient (Wildman–Crippen LogP) is 1.71. The van der Waals surface area contributed by atoms with Crippen LogP contribution in [0, 0.1) is 11.3 Å². The number of nitrogens with zero attached hydrogens (tertiary/aromatic N) is 1. The van der Waals surface area contributed by atoms with Crippen molar-refractivity contribution in [2.75, 3.05) is 13.2 Å². The van der Waals surface area contributed by atoms with Gasteiger partial charge in [-0.15, -0.1) is 0 Å². The molecule has 0 aromatic heterocycles. The van der Waals surface area contributed by atoms with Gasteiger partial charge in [-0.2, -0.15) is 5.26 Å². The third-order valence-electron chi connectivity index (χ3n) is 1.78. The first-order valence-electron chi connectivity index (χ1n) is 4.60. The van der Waals surface area contributed by atoms with Crippen LogP contribution in [0.15, 0.2) is 24.3 Å². The molecule has 0 aliphatic carbocycles. The van der Waals surface area contributed by atoms with Gasteiger partial charge in [0.05, 0.1) is 18.2 Å². The van der Waals surface area contributed by atoms with Crippen molar-refractivity contribution in [3.05, 3.63) is 29.8 Å². The van der Waals surface area contributed by atoms with Crippen LogP contribution in [0.1, 0.15) is 18.4 Å². The average Bonchev–Trinajstić information content (AvgIpc) is 2.25. The Kier molecular flexibility index (Phi) is 4.53. The molecule has 0 amide bonds. The third-order valence-corrected chi connectivity index (χ3v) is 1.78. The highest BCUT2D eigenvalue weighted by atomic mass is 16.5. The minimum atomic E-state index is 0.196. The van der Waals surface area contributed by atoms with Gasteiger partial charge in [0.15, 0.2) is 0 Å². The number of aliphatic hydroxyl groups excluding tert-OH is 1. The van der Waals surface area contributed by atoms with Gasteiger partial charge in [-0.25, -0.2) is 0 Å². The Bertz CT molecular complexity index is 317. The standard InChI is InChI=1S/C11H13NO2/c12-9-10-4-3-5-11(8-10)14-7-2-1-6-13/h3-5,8,13H,1-2,6-7H2. The van der Waals surface area contributed by atoms with Crippen LogP contribution in [0.25, 0.3) is 0 Å². The maximum atomic E-state index is 8.63. The molecule has 3 nitrogen and oxygen atoms in total. The van der Waals surface area contributed by atoms with E-state index in [1.54, 1.807) is 18.2 Å². The monoisotopic (exact) mass is 191 g/mol. The molecule has 0 atom stereocenters. The van der Waals surface area contributed by atoms with E-state index in [2.05, 4.69) is 0 Å². The molecule has 0 saturated heterocycles. The van der Waals surface area contributed by atoms with Crippen molar-refractivity contribution in [3.63, 3.8) is 0 Å². The number of ether oxygens (including phenoxy) is 1. The second-order valence-electron chi connectivity index (χ2n) is 2.92. The molecule has 0 heterocycles. The fraction of sp³-hybridized carbons (Fsp3) is 0.364. The van der Waals surface area contributed by atoms with Crippen molar-refractivity contribution < 1.29 is 9.84 Å². The summed E-state index contributed by atoms with van der Waals surface area (Å²) in [6, 6.07) is 9.10. The van der Waals surface area contributed by atoms with E-state index >= 15 is 0 Å². The first kappa shape index (κ1) is 10.6. The average molecular weight is 191 g/mol. The Morgan fingerprint density at radius 3 is 2.93 bits per heavy atom. The second-order valence-corrected chi connectivity index (χ2v) is 2.92. The Morgan fingerprint density at radius 1 is 1.36 bits per heavy atom. The molecule has 0 aliphatic heterocycles. The van der Waals surface area contributed by atoms with Crippen LogP contribution in [-0.2, 0) is 0 Å². The highest BCUT2D eigenvalue weighted by molar-refractivity contribution is 5.36. The molecule has 0 bridgehead atoms. The van der Waals surface area contributed by atoms with Gasteiger partial charge < -0.3 is 9.84 Å². The summed E-state index contributed by atoms with van der Waals surface area (Å²) in [5, 5.41) is 17.2. The molecule has 0 fully saturated rings. The topological polar surface area (TPSA) is 53.2 Å². The number of rotatable bonds is 5. The summed E-state index contributed by atoms with van der Waals surface area (Å²) >= 11 is 0. The van der Waals surface area contributed by atoms with Gasteiger partial charge in [-0.05, 0) is 31.0 Å². The van der Waals surface area contributed by atoms with Crippen molar-refractivity contribution in [1.82, 2.24) is 0 Å². The highest BCUT2D eigenvalue weighted by Gasteiger charge is 1.95. The SMILES string of the molecule is N#Cc1cccc(OCCCCO)c1. The zero-order chi connectivity index (χ0) is 10.2. The third kappa shape index (κ3) is 3.46. The van der Waals surface area contributed by atoms with E-state index in [1.165, 1.54) is 0 Å². The van der Waals surface area contributed by atoms with E-state index in [-0.39, 0.29) is 6.61 Å². The molecular formula is C11H13NO2. The van der Waals surface area contributed by atoms with E-state index in [1.807, 2.05) is 12.1 Å². The molecule has 1 aromatic carbocycles. The molecule has 0 aliphatic rings. The summed E-state index contributed by atoms with van der Waals surface area (Å²) in [7, 11) is 0. The van der Waals surface area contributed by atoms with Crippen LogP contribution >= 0.6 is 0 Å². The first-order chi connectivity index (χ1) is 6.86. The minimum absolute atomic E-state index is 0.196. The van der Waals surface area contributed by atoms with Crippen molar-refractivity contribution in [2.45, 2.75) is 12.8 Å². The number of hydrogen-bond acceptors (Lipinski definition) is 3. The molecule has 74 valence electrons. The number of benzene rings is 1. The fourth-order valence-electron chi connectivity index (χ4n) is 1.06. The molecule has 1 N–H and O–H groups in total. The zero-order valence-electron chi connectivity index (χ0n) is 7.94. The lowest BCUT2D eigenvalue weighted by Gasteiger charge is -2.04. The molecule has 1 aromatic rings. The summed E-state index contributed by atoms with van der Waals surface area (Å²) in [6.45, 7) is 0.775. The molecule has 0 saturated carbocycles. The van der Waals surface area contributed by atoms with E-state index < -0.39 is 0 Å². The molecule has 0 radical (unpaired) electrons. The number of aliphatic hydroxyl groups is 1. The van der Waals surface area contributed by atoms with Gasteiger partial charge in [0, 0.05) is 6.61 Å². The summed E-state index contributed by atoms with van der Waals surface area (Å²) < 4.78 is 5.39. The largest absolute Gasteiger partial charge is 0.494 e. The molecule has 0 spiro atoms.